The molecule has 2 N–H and O–H groups in total. The molecule has 46 heavy (non-hydrogen) atoms. The molecule has 1 aliphatic heterocycles. The molecule has 1 fully saturated rings. The normalized spacial score (nSPS) is 29.3. The zero-order valence-electron chi connectivity index (χ0n) is 28.6. The predicted molar refractivity (Wildman–Crippen MR) is 180 cm³/mol. The summed E-state index contributed by atoms with van der Waals surface area (Å²) in [5, 5.41) is 22.4. The van der Waals surface area contributed by atoms with E-state index in [4.69, 9.17) is 9.47 Å². The summed E-state index contributed by atoms with van der Waals surface area (Å²) in [4.78, 5) is 35.9. The molecular weight excluding hydrogens is 580 g/mol. The second kappa shape index (κ2) is 14.2. The molecule has 3 atom stereocenters. The van der Waals surface area contributed by atoms with Crippen LogP contribution in [0.25, 0.3) is 0 Å². The fourth-order valence-electron chi connectivity index (χ4n) is 6.41. The first-order valence-corrected chi connectivity index (χ1v) is 15.6. The van der Waals surface area contributed by atoms with Gasteiger partial charge in [0.05, 0.1) is 11.2 Å². The molecule has 0 amide bonds. The molecule has 0 unspecified atom stereocenters. The molecule has 2 aliphatic carbocycles. The zero-order chi connectivity index (χ0) is 34.5. The standard InChI is InChI=1S/C39H48O7/c1-26(16-17-34-36(5,6)24-33(45-29(4)40)25-38(34,9)43)14-12-10-11-13-15-27(2)20-32-22-30(35(42)46-32)18-19-39(44)28(3)21-31(41)23-37(39,7)8/h10-16,18-22,33,43-44H,23-25H2,1-9H3/b12-10+,13-11+,19-18+,26-14+,27-15+,32-20-/t17?,33-,38+,39-/m1/s1. The van der Waals surface area contributed by atoms with Crippen LogP contribution in [0.5, 0.6) is 0 Å². The van der Waals surface area contributed by atoms with E-state index < -0.39 is 22.6 Å². The van der Waals surface area contributed by atoms with Crippen LogP contribution in [0.15, 0.2) is 112 Å². The average Bonchev–Trinajstić information content (AvgIpc) is 3.24. The van der Waals surface area contributed by atoms with E-state index in [9.17, 15) is 24.6 Å². The maximum atomic E-state index is 12.5. The van der Waals surface area contributed by atoms with E-state index in [0.717, 1.165) is 16.7 Å². The molecule has 0 aromatic carbocycles. The van der Waals surface area contributed by atoms with Gasteiger partial charge in [0.2, 0.25) is 0 Å². The fourth-order valence-corrected chi connectivity index (χ4v) is 6.41. The van der Waals surface area contributed by atoms with Gasteiger partial charge in [0, 0.05) is 30.8 Å². The van der Waals surface area contributed by atoms with Gasteiger partial charge < -0.3 is 19.7 Å². The molecule has 3 rings (SSSR count). The molecular formula is C39H48O7. The third kappa shape index (κ3) is 9.03. The maximum absolute atomic E-state index is 12.5. The van der Waals surface area contributed by atoms with Crippen molar-refractivity contribution in [2.75, 3.05) is 0 Å². The minimum atomic E-state index is -1.35. The van der Waals surface area contributed by atoms with E-state index in [1.54, 1.807) is 38.2 Å². The first-order valence-electron chi connectivity index (χ1n) is 15.6. The van der Waals surface area contributed by atoms with Crippen LogP contribution in [-0.4, -0.2) is 45.2 Å². The lowest BCUT2D eigenvalue weighted by molar-refractivity contribution is -0.152. The molecule has 1 heterocycles. The van der Waals surface area contributed by atoms with Crippen molar-refractivity contribution in [3.8, 4) is 0 Å². The Bertz CT molecular complexity index is 1550. The summed E-state index contributed by atoms with van der Waals surface area (Å²) in [5.41, 5.74) is 3.22. The molecule has 0 aromatic rings. The van der Waals surface area contributed by atoms with Crippen molar-refractivity contribution in [3.63, 3.8) is 0 Å². The Morgan fingerprint density at radius 2 is 1.59 bits per heavy atom. The van der Waals surface area contributed by atoms with Crippen LogP contribution >= 0.6 is 0 Å². The van der Waals surface area contributed by atoms with Crippen molar-refractivity contribution in [2.45, 2.75) is 98.9 Å². The number of carbonyl (C=O) groups is 3. The zero-order valence-corrected chi connectivity index (χ0v) is 28.6. The fraction of sp³-hybridized carbons (Fsp3) is 0.436. The van der Waals surface area contributed by atoms with Crippen LogP contribution in [0.2, 0.25) is 0 Å². The average molecular weight is 629 g/mol. The van der Waals surface area contributed by atoms with Gasteiger partial charge in [-0.15, -0.1) is 5.73 Å². The maximum Gasteiger partial charge on any atom is 0.343 e. The van der Waals surface area contributed by atoms with Gasteiger partial charge in [-0.2, -0.15) is 0 Å². The van der Waals surface area contributed by atoms with Gasteiger partial charge in [0.15, 0.2) is 5.78 Å². The molecule has 246 valence electrons. The number of aliphatic hydroxyl groups is 2. The van der Waals surface area contributed by atoms with Crippen LogP contribution in [0.1, 0.15) is 81.6 Å². The Labute approximate surface area is 273 Å². The van der Waals surface area contributed by atoms with E-state index in [1.807, 2.05) is 84.1 Å². The second-order valence-corrected chi connectivity index (χ2v) is 14.0. The van der Waals surface area contributed by atoms with Crippen molar-refractivity contribution in [3.05, 3.63) is 112 Å². The highest BCUT2D eigenvalue weighted by molar-refractivity contribution is 5.96. The minimum Gasteiger partial charge on any atom is -0.462 e. The first kappa shape index (κ1) is 36.4. The first-order chi connectivity index (χ1) is 21.3. The van der Waals surface area contributed by atoms with Crippen molar-refractivity contribution < 1.29 is 34.1 Å². The number of carbonyl (C=O) groups excluding carboxylic acids is 3. The second-order valence-electron chi connectivity index (χ2n) is 14.0. The predicted octanol–water partition coefficient (Wildman–Crippen LogP) is 7.18. The molecule has 7 nitrogen and oxygen atoms in total. The lowest BCUT2D eigenvalue weighted by Gasteiger charge is -2.44. The quantitative estimate of drug-likeness (QED) is 0.167. The number of hydrogen-bond donors (Lipinski definition) is 2. The van der Waals surface area contributed by atoms with Crippen LogP contribution in [0.3, 0.4) is 0 Å². The van der Waals surface area contributed by atoms with Gasteiger partial charge in [0.25, 0.3) is 0 Å². The van der Waals surface area contributed by atoms with Crippen molar-refractivity contribution in [2.24, 2.45) is 10.8 Å². The lowest BCUT2D eigenvalue weighted by atomic mass is 9.64. The van der Waals surface area contributed by atoms with Gasteiger partial charge in [-0.05, 0) is 92.7 Å². The highest BCUT2D eigenvalue weighted by Crippen LogP contribution is 2.46. The highest BCUT2D eigenvalue weighted by Gasteiger charge is 2.47. The van der Waals surface area contributed by atoms with Crippen molar-refractivity contribution in [1.29, 1.82) is 0 Å². The number of rotatable bonds is 8. The molecule has 0 bridgehead atoms. The smallest absolute Gasteiger partial charge is 0.343 e. The summed E-state index contributed by atoms with van der Waals surface area (Å²) in [5.74, 6) is -0.465. The molecule has 3 aliphatic rings. The van der Waals surface area contributed by atoms with Gasteiger partial charge in [-0.3, -0.25) is 9.59 Å². The van der Waals surface area contributed by atoms with Gasteiger partial charge in [-0.25, -0.2) is 4.79 Å². The van der Waals surface area contributed by atoms with Crippen LogP contribution < -0.4 is 0 Å². The molecule has 7 heteroatoms. The summed E-state index contributed by atoms with van der Waals surface area (Å²) in [6.07, 6.45) is 22.1. The number of esters is 2. The Morgan fingerprint density at radius 1 is 0.957 bits per heavy atom. The Kier molecular flexibility index (Phi) is 11.2. The molecule has 1 saturated carbocycles. The summed E-state index contributed by atoms with van der Waals surface area (Å²) in [7, 11) is 0. The topological polar surface area (TPSA) is 110 Å². The van der Waals surface area contributed by atoms with Gasteiger partial charge >= 0.3 is 11.9 Å². The van der Waals surface area contributed by atoms with Crippen molar-refractivity contribution >= 4 is 17.7 Å². The molecule has 0 radical (unpaired) electrons. The lowest BCUT2D eigenvalue weighted by Crippen LogP contribution is -2.48. The number of hydrogen-bond acceptors (Lipinski definition) is 7. The van der Waals surface area contributed by atoms with Crippen LogP contribution in [-0.2, 0) is 23.9 Å². The number of ketones is 1. The van der Waals surface area contributed by atoms with Gasteiger partial charge in [-0.1, -0.05) is 64.2 Å². The molecule has 0 spiro atoms. The summed E-state index contributed by atoms with van der Waals surface area (Å²) < 4.78 is 10.8. The largest absolute Gasteiger partial charge is 0.462 e. The number of ether oxygens (including phenoxy) is 2. The van der Waals surface area contributed by atoms with Crippen molar-refractivity contribution in [1.82, 2.24) is 0 Å². The summed E-state index contributed by atoms with van der Waals surface area (Å²) >= 11 is 0. The SMILES string of the molecule is CC(=O)O[C@@H]1CC(C)(C)C(=C=C/C(C)=C/C=C/C=C/C=C(C)/C=C2C=C(/C=C/[C@@]3(O)C(C)=CC(=O)CC3(C)C)C(=O)O/2)[C@@](C)(O)C1. The summed E-state index contributed by atoms with van der Waals surface area (Å²) in [6.45, 7) is 16.4. The van der Waals surface area contributed by atoms with Gasteiger partial charge in [0.1, 0.15) is 17.5 Å². The number of allylic oxidation sites excluding steroid dienone is 11. The Balaban J connectivity index is 1.64. The van der Waals surface area contributed by atoms with Crippen LogP contribution in [0, 0.1) is 10.8 Å². The van der Waals surface area contributed by atoms with E-state index in [2.05, 4.69) is 5.73 Å². The third-order valence-electron chi connectivity index (χ3n) is 8.65. The minimum absolute atomic E-state index is 0.0255. The van der Waals surface area contributed by atoms with E-state index in [1.165, 1.54) is 13.0 Å². The van der Waals surface area contributed by atoms with Crippen LogP contribution in [0.4, 0.5) is 0 Å². The monoisotopic (exact) mass is 628 g/mol. The molecule has 0 aromatic heterocycles. The Morgan fingerprint density at radius 3 is 2.17 bits per heavy atom. The summed E-state index contributed by atoms with van der Waals surface area (Å²) in [6, 6.07) is 0. The highest BCUT2D eigenvalue weighted by atomic mass is 16.5. The Hall–Kier alpha value is -4.03. The third-order valence-corrected chi connectivity index (χ3v) is 8.65. The van der Waals surface area contributed by atoms with E-state index in [0.29, 0.717) is 29.7 Å². The molecule has 0 saturated heterocycles. The van der Waals surface area contributed by atoms with E-state index >= 15 is 0 Å². The van der Waals surface area contributed by atoms with E-state index in [-0.39, 0.29) is 29.7 Å². The number of cyclic esters (lactones) is 1.